The van der Waals surface area contributed by atoms with Crippen LogP contribution in [0.3, 0.4) is 0 Å². The van der Waals surface area contributed by atoms with E-state index in [-0.39, 0.29) is 23.3 Å². The third-order valence-corrected chi connectivity index (χ3v) is 6.26. The lowest BCUT2D eigenvalue weighted by Gasteiger charge is -2.10. The maximum absolute atomic E-state index is 12.5. The zero-order valence-corrected chi connectivity index (χ0v) is 14.7. The Labute approximate surface area is 145 Å². The van der Waals surface area contributed by atoms with Crippen LogP contribution in [-0.2, 0) is 9.84 Å². The number of carbonyl (C=O) groups is 1. The monoisotopic (exact) mass is 368 g/mol. The van der Waals surface area contributed by atoms with Gasteiger partial charge in [0.1, 0.15) is 17.0 Å². The third-order valence-electron chi connectivity index (χ3n) is 4.10. The number of rotatable bonds is 4. The zero-order valence-electron chi connectivity index (χ0n) is 13.1. The van der Waals surface area contributed by atoms with E-state index in [0.717, 1.165) is 0 Å². The highest BCUT2D eigenvalue weighted by atomic mass is 35.5. The number of sulfone groups is 1. The number of aromatic nitrogens is 1. The van der Waals surface area contributed by atoms with Crippen molar-refractivity contribution in [1.82, 2.24) is 10.5 Å². The van der Waals surface area contributed by atoms with Crippen molar-refractivity contribution in [1.29, 1.82) is 0 Å². The van der Waals surface area contributed by atoms with Crippen LogP contribution in [0.2, 0.25) is 5.02 Å². The molecule has 2 heterocycles. The van der Waals surface area contributed by atoms with Gasteiger partial charge < -0.3 is 9.84 Å². The van der Waals surface area contributed by atoms with Gasteiger partial charge in [-0.2, -0.15) is 0 Å². The fraction of sp³-hybridized carbons (Fsp3) is 0.375. The quantitative estimate of drug-likeness (QED) is 0.895. The van der Waals surface area contributed by atoms with Crippen LogP contribution in [0.4, 0.5) is 0 Å². The lowest BCUT2D eigenvalue weighted by atomic mass is 10.0. The van der Waals surface area contributed by atoms with Crippen molar-refractivity contribution in [2.75, 3.05) is 18.1 Å². The lowest BCUT2D eigenvalue weighted by Crippen LogP contribution is -2.30. The molecule has 6 nitrogen and oxygen atoms in total. The molecule has 1 fully saturated rings. The molecule has 1 saturated heterocycles. The van der Waals surface area contributed by atoms with Crippen molar-refractivity contribution < 1.29 is 17.7 Å². The Kier molecular flexibility index (Phi) is 4.64. The molecule has 2 aromatic rings. The van der Waals surface area contributed by atoms with E-state index in [9.17, 15) is 13.2 Å². The zero-order chi connectivity index (χ0) is 17.3. The Morgan fingerprint density at radius 3 is 2.83 bits per heavy atom. The summed E-state index contributed by atoms with van der Waals surface area (Å²) in [7, 11) is -2.96. The van der Waals surface area contributed by atoms with E-state index in [1.165, 1.54) is 0 Å². The molecule has 0 bridgehead atoms. The van der Waals surface area contributed by atoms with E-state index in [4.69, 9.17) is 16.1 Å². The van der Waals surface area contributed by atoms with Crippen molar-refractivity contribution in [3.8, 4) is 11.3 Å². The number of nitrogens with zero attached hydrogens (tertiary/aromatic N) is 1. The minimum absolute atomic E-state index is 0.0529. The normalized spacial score (nSPS) is 19.3. The first-order valence-electron chi connectivity index (χ1n) is 7.57. The van der Waals surface area contributed by atoms with Crippen LogP contribution in [0.5, 0.6) is 0 Å². The van der Waals surface area contributed by atoms with E-state index in [1.807, 2.05) is 0 Å². The van der Waals surface area contributed by atoms with Crippen LogP contribution in [0.1, 0.15) is 22.5 Å². The summed E-state index contributed by atoms with van der Waals surface area (Å²) in [4.78, 5) is 12.5. The molecule has 24 heavy (non-hydrogen) atoms. The number of nitrogens with one attached hydrogen (secondary N) is 1. The van der Waals surface area contributed by atoms with Crippen molar-refractivity contribution in [2.45, 2.75) is 13.3 Å². The van der Waals surface area contributed by atoms with Crippen LogP contribution in [-0.4, -0.2) is 37.5 Å². The second kappa shape index (κ2) is 6.57. The maximum Gasteiger partial charge on any atom is 0.257 e. The Morgan fingerprint density at radius 1 is 1.42 bits per heavy atom. The second-order valence-electron chi connectivity index (χ2n) is 5.92. The predicted octanol–water partition coefficient (Wildman–Crippen LogP) is 2.47. The first-order chi connectivity index (χ1) is 11.4. The molecular weight excluding hydrogens is 352 g/mol. The minimum atomic E-state index is -2.96. The Bertz CT molecular complexity index is 876. The molecule has 1 atom stereocenters. The molecule has 128 valence electrons. The molecule has 1 aromatic carbocycles. The smallest absolute Gasteiger partial charge is 0.257 e. The van der Waals surface area contributed by atoms with Gasteiger partial charge in [-0.25, -0.2) is 8.42 Å². The second-order valence-corrected chi connectivity index (χ2v) is 8.56. The van der Waals surface area contributed by atoms with Gasteiger partial charge >= 0.3 is 0 Å². The number of amides is 1. The Balaban J connectivity index is 1.79. The first kappa shape index (κ1) is 17.0. The van der Waals surface area contributed by atoms with E-state index >= 15 is 0 Å². The molecule has 8 heteroatoms. The molecular formula is C16H17ClN2O4S. The number of aryl methyl sites for hydroxylation is 1. The average molecular weight is 369 g/mol. The van der Waals surface area contributed by atoms with Gasteiger partial charge in [0, 0.05) is 12.1 Å². The van der Waals surface area contributed by atoms with E-state index in [2.05, 4.69) is 10.5 Å². The average Bonchev–Trinajstić information content (AvgIpc) is 3.08. The first-order valence-corrected chi connectivity index (χ1v) is 9.77. The molecule has 0 saturated carbocycles. The molecule has 0 spiro atoms. The molecule has 1 aliphatic rings. The number of halogens is 1. The molecule has 1 aromatic heterocycles. The fourth-order valence-electron chi connectivity index (χ4n) is 2.84. The minimum Gasteiger partial charge on any atom is -0.360 e. The van der Waals surface area contributed by atoms with Crippen molar-refractivity contribution in [3.63, 3.8) is 0 Å². The molecule has 3 rings (SSSR count). The summed E-state index contributed by atoms with van der Waals surface area (Å²) >= 11 is 6.18. The van der Waals surface area contributed by atoms with Crippen molar-refractivity contribution in [3.05, 3.63) is 40.6 Å². The summed E-state index contributed by atoms with van der Waals surface area (Å²) in [6.45, 7) is 1.97. The summed E-state index contributed by atoms with van der Waals surface area (Å²) in [5, 5.41) is 7.22. The molecule has 1 unspecified atom stereocenters. The van der Waals surface area contributed by atoms with Gasteiger partial charge in [0.2, 0.25) is 0 Å². The number of hydrogen-bond acceptors (Lipinski definition) is 5. The number of benzene rings is 1. The van der Waals surface area contributed by atoms with Crippen molar-refractivity contribution in [2.24, 2.45) is 5.92 Å². The van der Waals surface area contributed by atoms with Gasteiger partial charge in [-0.15, -0.1) is 0 Å². The number of hydrogen-bond donors (Lipinski definition) is 1. The Morgan fingerprint density at radius 2 is 2.17 bits per heavy atom. The van der Waals surface area contributed by atoms with Gasteiger partial charge in [-0.3, -0.25) is 4.79 Å². The lowest BCUT2D eigenvalue weighted by molar-refractivity contribution is 0.0947. The van der Waals surface area contributed by atoms with E-state index < -0.39 is 9.84 Å². The summed E-state index contributed by atoms with van der Waals surface area (Å²) in [6.07, 6.45) is 0.572. The molecule has 1 amide bonds. The SMILES string of the molecule is Cc1onc(-c2ccccc2Cl)c1C(=O)NCC1CCS(=O)(=O)C1. The van der Waals surface area contributed by atoms with Crippen LogP contribution in [0.15, 0.2) is 28.8 Å². The molecule has 0 aliphatic carbocycles. The molecule has 1 N–H and O–H groups in total. The molecule has 0 radical (unpaired) electrons. The van der Waals surface area contributed by atoms with Gasteiger partial charge in [0.25, 0.3) is 5.91 Å². The van der Waals surface area contributed by atoms with Crippen LogP contribution < -0.4 is 5.32 Å². The summed E-state index contributed by atoms with van der Waals surface area (Å²) in [5.41, 5.74) is 1.32. The van der Waals surface area contributed by atoms with Gasteiger partial charge in [-0.1, -0.05) is 35.0 Å². The fourth-order valence-corrected chi connectivity index (χ4v) is 4.92. The summed E-state index contributed by atoms with van der Waals surface area (Å²) in [6, 6.07) is 7.07. The summed E-state index contributed by atoms with van der Waals surface area (Å²) in [5.74, 6) is 0.301. The largest absolute Gasteiger partial charge is 0.360 e. The standard InChI is InChI=1S/C16H17ClN2O4S/c1-10-14(15(19-23-10)12-4-2-3-5-13(12)17)16(20)18-8-11-6-7-24(21,22)9-11/h2-5,11H,6-9H2,1H3,(H,18,20). The highest BCUT2D eigenvalue weighted by Crippen LogP contribution is 2.31. The number of carbonyl (C=O) groups excluding carboxylic acids is 1. The van der Waals surface area contributed by atoms with Gasteiger partial charge in [-0.05, 0) is 25.3 Å². The molecule has 1 aliphatic heterocycles. The van der Waals surface area contributed by atoms with Crippen LogP contribution >= 0.6 is 11.6 Å². The van der Waals surface area contributed by atoms with Gasteiger partial charge in [0.05, 0.1) is 16.5 Å². The van der Waals surface area contributed by atoms with Crippen LogP contribution in [0.25, 0.3) is 11.3 Å². The summed E-state index contributed by atoms with van der Waals surface area (Å²) < 4.78 is 28.2. The van der Waals surface area contributed by atoms with Crippen LogP contribution in [0, 0.1) is 12.8 Å². The topological polar surface area (TPSA) is 89.3 Å². The third kappa shape index (κ3) is 3.47. The predicted molar refractivity (Wildman–Crippen MR) is 90.8 cm³/mol. The highest BCUT2D eigenvalue weighted by Gasteiger charge is 2.29. The Hall–Kier alpha value is -1.86. The van der Waals surface area contributed by atoms with E-state index in [0.29, 0.717) is 40.6 Å². The van der Waals surface area contributed by atoms with E-state index in [1.54, 1.807) is 31.2 Å². The van der Waals surface area contributed by atoms with Gasteiger partial charge in [0.15, 0.2) is 9.84 Å². The maximum atomic E-state index is 12.5. The van der Waals surface area contributed by atoms with Crippen molar-refractivity contribution >= 4 is 27.3 Å². The highest BCUT2D eigenvalue weighted by molar-refractivity contribution is 7.91.